The van der Waals surface area contributed by atoms with Crippen molar-refractivity contribution in [1.82, 2.24) is 0 Å². The summed E-state index contributed by atoms with van der Waals surface area (Å²) in [5.41, 5.74) is 0.477. The van der Waals surface area contributed by atoms with Gasteiger partial charge in [-0.25, -0.2) is 4.79 Å². The van der Waals surface area contributed by atoms with Crippen molar-refractivity contribution in [2.45, 2.75) is 26.7 Å². The molecule has 0 aromatic carbocycles. The van der Waals surface area contributed by atoms with E-state index in [1.807, 2.05) is 19.9 Å². The lowest BCUT2D eigenvalue weighted by atomic mass is 10.1. The quantitative estimate of drug-likeness (QED) is 0.498. The van der Waals surface area contributed by atoms with Crippen molar-refractivity contribution in [3.63, 3.8) is 0 Å². The van der Waals surface area contributed by atoms with Crippen LogP contribution in [0.15, 0.2) is 23.8 Å². The van der Waals surface area contributed by atoms with Gasteiger partial charge in [-0.3, -0.25) is 0 Å². The molecule has 0 unspecified atom stereocenters. The van der Waals surface area contributed by atoms with E-state index in [0.29, 0.717) is 12.0 Å². The Kier molecular flexibility index (Phi) is 5.17. The largest absolute Gasteiger partial charge is 0.478 e. The van der Waals surface area contributed by atoms with Crippen molar-refractivity contribution in [3.8, 4) is 0 Å². The maximum atomic E-state index is 10.5. The minimum atomic E-state index is -0.815. The first-order valence-electron chi connectivity index (χ1n) is 3.77. The zero-order valence-corrected chi connectivity index (χ0v) is 7.00. The SMILES string of the molecule is CC=CC=C(CCC)C(=O)O. The Morgan fingerprint density at radius 3 is 2.55 bits per heavy atom. The van der Waals surface area contributed by atoms with Gasteiger partial charge in [0.15, 0.2) is 0 Å². The number of carboxylic acids is 1. The van der Waals surface area contributed by atoms with Gasteiger partial charge in [0.25, 0.3) is 0 Å². The second-order valence-electron chi connectivity index (χ2n) is 2.27. The molecule has 0 aromatic rings. The van der Waals surface area contributed by atoms with E-state index in [1.165, 1.54) is 0 Å². The summed E-state index contributed by atoms with van der Waals surface area (Å²) in [7, 11) is 0. The Bertz CT molecular complexity index is 178. The standard InChI is InChI=1S/C9H14O2/c1-3-5-7-8(6-4-2)9(10)11/h3,5,7H,4,6H2,1-2H3,(H,10,11). The van der Waals surface area contributed by atoms with Crippen LogP contribution in [0.4, 0.5) is 0 Å². The highest BCUT2D eigenvalue weighted by molar-refractivity contribution is 5.86. The third-order valence-electron chi connectivity index (χ3n) is 1.28. The molecule has 0 aliphatic rings. The van der Waals surface area contributed by atoms with Crippen LogP contribution in [0, 0.1) is 0 Å². The average Bonchev–Trinajstić information content (AvgIpc) is 1.97. The molecule has 0 heterocycles. The van der Waals surface area contributed by atoms with Gasteiger partial charge in [0, 0.05) is 5.57 Å². The Morgan fingerprint density at radius 1 is 1.55 bits per heavy atom. The van der Waals surface area contributed by atoms with E-state index in [4.69, 9.17) is 5.11 Å². The van der Waals surface area contributed by atoms with Crippen LogP contribution in [-0.4, -0.2) is 11.1 Å². The summed E-state index contributed by atoms with van der Waals surface area (Å²) < 4.78 is 0. The molecule has 0 rings (SSSR count). The van der Waals surface area contributed by atoms with Gasteiger partial charge in [-0.1, -0.05) is 31.6 Å². The molecule has 2 heteroatoms. The fraction of sp³-hybridized carbons (Fsp3) is 0.444. The zero-order chi connectivity index (χ0) is 8.69. The predicted octanol–water partition coefficient (Wildman–Crippen LogP) is 2.37. The lowest BCUT2D eigenvalue weighted by Gasteiger charge is -1.95. The highest BCUT2D eigenvalue weighted by Gasteiger charge is 2.02. The molecule has 0 saturated carbocycles. The normalized spacial score (nSPS) is 12.4. The van der Waals surface area contributed by atoms with Crippen LogP contribution in [0.2, 0.25) is 0 Å². The highest BCUT2D eigenvalue weighted by atomic mass is 16.4. The molecule has 0 bridgehead atoms. The van der Waals surface area contributed by atoms with Crippen molar-refractivity contribution in [1.29, 1.82) is 0 Å². The highest BCUT2D eigenvalue weighted by Crippen LogP contribution is 2.04. The Hall–Kier alpha value is -1.05. The number of aliphatic carboxylic acids is 1. The summed E-state index contributed by atoms with van der Waals surface area (Å²) in [5, 5.41) is 8.63. The van der Waals surface area contributed by atoms with Crippen LogP contribution in [0.3, 0.4) is 0 Å². The van der Waals surface area contributed by atoms with Gasteiger partial charge in [0.05, 0.1) is 0 Å². The predicted molar refractivity (Wildman–Crippen MR) is 45.4 cm³/mol. The second kappa shape index (κ2) is 5.71. The second-order valence-corrected chi connectivity index (χ2v) is 2.27. The lowest BCUT2D eigenvalue weighted by Crippen LogP contribution is -1.99. The zero-order valence-electron chi connectivity index (χ0n) is 7.00. The van der Waals surface area contributed by atoms with Crippen molar-refractivity contribution in [2.75, 3.05) is 0 Å². The maximum Gasteiger partial charge on any atom is 0.331 e. The molecule has 0 amide bonds. The monoisotopic (exact) mass is 154 g/mol. The van der Waals surface area contributed by atoms with Crippen LogP contribution in [0.1, 0.15) is 26.7 Å². The molecule has 0 aliphatic heterocycles. The van der Waals surface area contributed by atoms with Crippen molar-refractivity contribution >= 4 is 5.97 Å². The molecule has 0 aromatic heterocycles. The summed E-state index contributed by atoms with van der Waals surface area (Å²) in [6, 6.07) is 0. The molecular weight excluding hydrogens is 140 g/mol. The van der Waals surface area contributed by atoms with Gasteiger partial charge in [-0.05, 0) is 13.3 Å². The molecule has 0 saturated heterocycles. The van der Waals surface area contributed by atoms with Crippen LogP contribution in [0.5, 0.6) is 0 Å². The number of carbonyl (C=O) groups is 1. The smallest absolute Gasteiger partial charge is 0.331 e. The van der Waals surface area contributed by atoms with E-state index in [2.05, 4.69) is 0 Å². The van der Waals surface area contributed by atoms with Gasteiger partial charge in [0.2, 0.25) is 0 Å². The fourth-order valence-electron chi connectivity index (χ4n) is 0.743. The molecule has 0 aliphatic carbocycles. The lowest BCUT2D eigenvalue weighted by molar-refractivity contribution is -0.132. The van der Waals surface area contributed by atoms with Crippen LogP contribution in [-0.2, 0) is 4.79 Å². The third kappa shape index (κ3) is 4.37. The van der Waals surface area contributed by atoms with E-state index < -0.39 is 5.97 Å². The summed E-state index contributed by atoms with van der Waals surface area (Å²) in [5.74, 6) is -0.815. The molecule has 62 valence electrons. The van der Waals surface area contributed by atoms with Gasteiger partial charge >= 0.3 is 5.97 Å². The van der Waals surface area contributed by atoms with Gasteiger partial charge in [0.1, 0.15) is 0 Å². The number of hydrogen-bond acceptors (Lipinski definition) is 1. The Labute approximate surface area is 67.2 Å². The summed E-state index contributed by atoms with van der Waals surface area (Å²) in [6.45, 7) is 3.83. The van der Waals surface area contributed by atoms with E-state index in [9.17, 15) is 4.79 Å². The van der Waals surface area contributed by atoms with Crippen LogP contribution >= 0.6 is 0 Å². The summed E-state index contributed by atoms with van der Waals surface area (Å²) >= 11 is 0. The summed E-state index contributed by atoms with van der Waals surface area (Å²) in [4.78, 5) is 10.5. The first-order valence-corrected chi connectivity index (χ1v) is 3.77. The first-order chi connectivity index (χ1) is 5.22. The van der Waals surface area contributed by atoms with Crippen molar-refractivity contribution in [2.24, 2.45) is 0 Å². The van der Waals surface area contributed by atoms with E-state index >= 15 is 0 Å². The van der Waals surface area contributed by atoms with Gasteiger partial charge in [-0.15, -0.1) is 0 Å². The van der Waals surface area contributed by atoms with Crippen molar-refractivity contribution < 1.29 is 9.90 Å². The molecular formula is C9H14O2. The molecule has 2 nitrogen and oxygen atoms in total. The molecule has 0 atom stereocenters. The average molecular weight is 154 g/mol. The minimum Gasteiger partial charge on any atom is -0.478 e. The number of allylic oxidation sites excluding steroid dienone is 3. The molecule has 11 heavy (non-hydrogen) atoms. The topological polar surface area (TPSA) is 37.3 Å². The van der Waals surface area contributed by atoms with Crippen molar-refractivity contribution in [3.05, 3.63) is 23.8 Å². The van der Waals surface area contributed by atoms with Gasteiger partial charge < -0.3 is 5.11 Å². The summed E-state index contributed by atoms with van der Waals surface area (Å²) in [6.07, 6.45) is 6.72. The Morgan fingerprint density at radius 2 is 2.18 bits per heavy atom. The fourth-order valence-corrected chi connectivity index (χ4v) is 0.743. The molecule has 0 spiro atoms. The van der Waals surface area contributed by atoms with Crippen LogP contribution < -0.4 is 0 Å². The Balaban J connectivity index is 4.20. The number of hydrogen-bond donors (Lipinski definition) is 1. The minimum absolute atomic E-state index is 0.477. The molecule has 0 radical (unpaired) electrons. The third-order valence-corrected chi connectivity index (χ3v) is 1.28. The van der Waals surface area contributed by atoms with E-state index in [-0.39, 0.29) is 0 Å². The first kappa shape index (κ1) is 9.95. The van der Waals surface area contributed by atoms with E-state index in [1.54, 1.807) is 12.2 Å². The number of carboxylic acid groups (broad SMARTS) is 1. The maximum absolute atomic E-state index is 10.5. The van der Waals surface area contributed by atoms with Crippen LogP contribution in [0.25, 0.3) is 0 Å². The van der Waals surface area contributed by atoms with E-state index in [0.717, 1.165) is 6.42 Å². The molecule has 0 fully saturated rings. The number of rotatable bonds is 4. The van der Waals surface area contributed by atoms with Gasteiger partial charge in [-0.2, -0.15) is 0 Å². The molecule has 1 N–H and O–H groups in total.